The van der Waals surface area contributed by atoms with Crippen molar-refractivity contribution in [3.63, 3.8) is 0 Å². The molecule has 10 heavy (non-hydrogen) atoms. The molecule has 0 aliphatic carbocycles. The summed E-state index contributed by atoms with van der Waals surface area (Å²) in [4.78, 5) is 10.7. The van der Waals surface area contributed by atoms with Gasteiger partial charge < -0.3 is 10.9 Å². The van der Waals surface area contributed by atoms with Crippen LogP contribution >= 0.6 is 0 Å². The maximum absolute atomic E-state index is 10.7. The molecule has 0 spiro atoms. The Labute approximate surface area is 61.7 Å². The van der Waals surface area contributed by atoms with Gasteiger partial charge in [0.15, 0.2) is 0 Å². The number of allylic oxidation sites excluding steroid dienone is 1. The van der Waals surface area contributed by atoms with E-state index in [9.17, 15) is 4.79 Å². The quantitative estimate of drug-likeness (QED) is 0.451. The topological polar surface area (TPSA) is 61.3 Å². The number of ether oxygens (including phenoxy) is 1. The maximum Gasteiger partial charge on any atom is 0.333 e. The summed E-state index contributed by atoms with van der Waals surface area (Å²) in [7, 11) is 1.38. The molecular formula is C7H15NO2. The fraction of sp³-hybridized carbons (Fsp3) is 0.571. The normalized spacial score (nSPS) is 7.60. The molecule has 0 saturated heterocycles. The summed E-state index contributed by atoms with van der Waals surface area (Å²) in [5.74, 6) is -0.241. The highest BCUT2D eigenvalue weighted by Gasteiger charge is 2.02. The Morgan fingerprint density at radius 3 is 1.70 bits per heavy atom. The number of rotatable bonds is 1. The van der Waals surface area contributed by atoms with Crippen LogP contribution in [0.1, 0.15) is 20.8 Å². The van der Waals surface area contributed by atoms with Crippen LogP contribution in [0, 0.1) is 0 Å². The zero-order valence-electron chi connectivity index (χ0n) is 7.02. The third-order valence-electron chi connectivity index (χ3n) is 1.24. The highest BCUT2D eigenvalue weighted by molar-refractivity contribution is 5.88. The highest BCUT2D eigenvalue weighted by atomic mass is 16.5. The van der Waals surface area contributed by atoms with Gasteiger partial charge in [0.1, 0.15) is 0 Å². The minimum Gasteiger partial charge on any atom is -0.466 e. The van der Waals surface area contributed by atoms with E-state index in [-0.39, 0.29) is 12.1 Å². The number of carbonyl (C=O) groups is 1. The third-order valence-corrected chi connectivity index (χ3v) is 1.24. The predicted octanol–water partition coefficient (Wildman–Crippen LogP) is 1.68. The van der Waals surface area contributed by atoms with Gasteiger partial charge in [-0.1, -0.05) is 5.57 Å². The van der Waals surface area contributed by atoms with Crippen LogP contribution in [0.4, 0.5) is 0 Å². The van der Waals surface area contributed by atoms with E-state index in [1.54, 1.807) is 6.92 Å². The van der Waals surface area contributed by atoms with Crippen LogP contribution in [0.3, 0.4) is 0 Å². The molecule has 0 rings (SSSR count). The number of hydrogen-bond acceptors (Lipinski definition) is 3. The first-order chi connectivity index (χ1) is 4.09. The second-order valence-corrected chi connectivity index (χ2v) is 2.12. The minimum absolute atomic E-state index is 0. The van der Waals surface area contributed by atoms with Crippen LogP contribution < -0.4 is 6.15 Å². The molecule has 0 amide bonds. The van der Waals surface area contributed by atoms with Crippen molar-refractivity contribution in [2.75, 3.05) is 7.11 Å². The van der Waals surface area contributed by atoms with E-state index in [2.05, 4.69) is 4.74 Å². The van der Waals surface area contributed by atoms with Crippen LogP contribution in [0.5, 0.6) is 0 Å². The molecule has 0 aliphatic heterocycles. The summed E-state index contributed by atoms with van der Waals surface area (Å²) in [6.45, 7) is 5.51. The largest absolute Gasteiger partial charge is 0.466 e. The molecule has 0 fully saturated rings. The molecule has 3 N–H and O–H groups in total. The van der Waals surface area contributed by atoms with Crippen LogP contribution in [0.25, 0.3) is 0 Å². The molecule has 0 radical (unpaired) electrons. The molecule has 0 atom stereocenters. The van der Waals surface area contributed by atoms with Gasteiger partial charge in [-0.15, -0.1) is 0 Å². The summed E-state index contributed by atoms with van der Waals surface area (Å²) < 4.78 is 4.48. The number of methoxy groups -OCH3 is 1. The lowest BCUT2D eigenvalue weighted by molar-refractivity contribution is -0.136. The Kier molecular flexibility index (Phi) is 5.95. The SMILES string of the molecule is COC(=O)C(C)=C(C)C.N. The van der Waals surface area contributed by atoms with Crippen LogP contribution in [-0.4, -0.2) is 13.1 Å². The number of hydrogen-bond donors (Lipinski definition) is 1. The van der Waals surface area contributed by atoms with Crippen molar-refractivity contribution < 1.29 is 9.53 Å². The van der Waals surface area contributed by atoms with Crippen molar-refractivity contribution in [1.82, 2.24) is 6.15 Å². The van der Waals surface area contributed by atoms with Gasteiger partial charge in [0.2, 0.25) is 0 Å². The van der Waals surface area contributed by atoms with Gasteiger partial charge in [0, 0.05) is 5.57 Å². The summed E-state index contributed by atoms with van der Waals surface area (Å²) in [6.07, 6.45) is 0. The number of carbonyl (C=O) groups excluding carboxylic acids is 1. The second kappa shape index (κ2) is 4.99. The molecule has 3 nitrogen and oxygen atoms in total. The van der Waals surface area contributed by atoms with Crippen molar-refractivity contribution in [1.29, 1.82) is 0 Å². The third kappa shape index (κ3) is 3.25. The van der Waals surface area contributed by atoms with Crippen molar-refractivity contribution in [3.05, 3.63) is 11.1 Å². The molecular weight excluding hydrogens is 130 g/mol. The lowest BCUT2D eigenvalue weighted by Crippen LogP contribution is -2.02. The summed E-state index contributed by atoms with van der Waals surface area (Å²) in [6, 6.07) is 0. The summed E-state index contributed by atoms with van der Waals surface area (Å²) in [5, 5.41) is 0. The first-order valence-electron chi connectivity index (χ1n) is 2.82. The lowest BCUT2D eigenvalue weighted by atomic mass is 10.2. The van der Waals surface area contributed by atoms with Crippen LogP contribution in [-0.2, 0) is 9.53 Å². The van der Waals surface area contributed by atoms with Crippen molar-refractivity contribution in [3.8, 4) is 0 Å². The predicted molar refractivity (Wildman–Crippen MR) is 41.1 cm³/mol. The molecule has 0 aromatic rings. The fourth-order valence-corrected chi connectivity index (χ4v) is 0.357. The zero-order valence-corrected chi connectivity index (χ0v) is 7.02. The van der Waals surface area contributed by atoms with Gasteiger partial charge >= 0.3 is 5.97 Å². The van der Waals surface area contributed by atoms with Crippen molar-refractivity contribution in [2.45, 2.75) is 20.8 Å². The number of esters is 1. The molecule has 0 aromatic carbocycles. The van der Waals surface area contributed by atoms with E-state index < -0.39 is 0 Å². The zero-order chi connectivity index (χ0) is 7.44. The molecule has 0 aromatic heterocycles. The van der Waals surface area contributed by atoms with E-state index >= 15 is 0 Å². The van der Waals surface area contributed by atoms with E-state index in [1.807, 2.05) is 13.8 Å². The van der Waals surface area contributed by atoms with Crippen molar-refractivity contribution >= 4 is 5.97 Å². The van der Waals surface area contributed by atoms with Gasteiger partial charge in [-0.2, -0.15) is 0 Å². The van der Waals surface area contributed by atoms with Gasteiger partial charge in [0.05, 0.1) is 7.11 Å². The Balaban J connectivity index is 0. The minimum atomic E-state index is -0.241. The molecule has 60 valence electrons. The Morgan fingerprint density at radius 2 is 1.60 bits per heavy atom. The van der Waals surface area contributed by atoms with E-state index in [1.165, 1.54) is 7.11 Å². The van der Waals surface area contributed by atoms with E-state index in [4.69, 9.17) is 0 Å². The van der Waals surface area contributed by atoms with Crippen LogP contribution in [0.15, 0.2) is 11.1 Å². The van der Waals surface area contributed by atoms with Gasteiger partial charge in [0.25, 0.3) is 0 Å². The smallest absolute Gasteiger partial charge is 0.333 e. The molecule has 0 unspecified atom stereocenters. The highest BCUT2D eigenvalue weighted by Crippen LogP contribution is 2.02. The van der Waals surface area contributed by atoms with Crippen molar-refractivity contribution in [2.24, 2.45) is 0 Å². The van der Waals surface area contributed by atoms with Crippen LogP contribution in [0.2, 0.25) is 0 Å². The molecule has 0 aliphatic rings. The summed E-state index contributed by atoms with van der Waals surface area (Å²) in [5.41, 5.74) is 1.69. The molecule has 0 bridgehead atoms. The van der Waals surface area contributed by atoms with Gasteiger partial charge in [-0.05, 0) is 20.8 Å². The lowest BCUT2D eigenvalue weighted by Gasteiger charge is -1.98. The maximum atomic E-state index is 10.7. The standard InChI is InChI=1S/C7H12O2.H3N/c1-5(2)6(3)7(8)9-4;/h1-4H3;1H3. The van der Waals surface area contributed by atoms with E-state index in [0.717, 1.165) is 5.57 Å². The van der Waals surface area contributed by atoms with Gasteiger partial charge in [-0.25, -0.2) is 4.79 Å². The van der Waals surface area contributed by atoms with E-state index in [0.29, 0.717) is 5.57 Å². The average molecular weight is 145 g/mol. The first kappa shape index (κ1) is 11.9. The average Bonchev–Trinajstić information content (AvgIpc) is 1.84. The fourth-order valence-electron chi connectivity index (χ4n) is 0.357. The second-order valence-electron chi connectivity index (χ2n) is 2.12. The molecule has 0 saturated carbocycles. The Morgan fingerprint density at radius 1 is 1.20 bits per heavy atom. The monoisotopic (exact) mass is 145 g/mol. The molecule has 0 heterocycles. The first-order valence-corrected chi connectivity index (χ1v) is 2.82. The van der Waals surface area contributed by atoms with Gasteiger partial charge in [-0.3, -0.25) is 0 Å². The Bertz CT molecular complexity index is 146. The Hall–Kier alpha value is -0.830. The molecule has 3 heteroatoms. The summed E-state index contributed by atoms with van der Waals surface area (Å²) >= 11 is 0.